The van der Waals surface area contributed by atoms with Crippen LogP contribution in [0.5, 0.6) is 0 Å². The molecule has 0 aliphatic rings. The van der Waals surface area contributed by atoms with Crippen molar-refractivity contribution in [1.82, 2.24) is 10.4 Å². The molecule has 0 aliphatic carbocycles. The van der Waals surface area contributed by atoms with Crippen LogP contribution in [0.4, 0.5) is 4.79 Å². The van der Waals surface area contributed by atoms with Crippen molar-refractivity contribution in [2.24, 2.45) is 5.73 Å². The van der Waals surface area contributed by atoms with Gasteiger partial charge in [-0.1, -0.05) is 0 Å². The Bertz CT molecular complexity index is 118. The third kappa shape index (κ3) is 4.58. The lowest BCUT2D eigenvalue weighted by atomic mass is 10.4. The summed E-state index contributed by atoms with van der Waals surface area (Å²) in [5.74, 6) is 0. The lowest BCUT2D eigenvalue weighted by molar-refractivity contribution is -0.0430. The molecule has 0 saturated carbocycles. The van der Waals surface area contributed by atoms with Crippen LogP contribution >= 0.6 is 0 Å². The van der Waals surface area contributed by atoms with Gasteiger partial charge in [0.25, 0.3) is 0 Å². The summed E-state index contributed by atoms with van der Waals surface area (Å²) in [7, 11) is 0. The second kappa shape index (κ2) is 5.94. The third-order valence-corrected chi connectivity index (χ3v) is 1.14. The number of hydrogen-bond acceptors (Lipinski definition) is 3. The molecule has 0 heterocycles. The van der Waals surface area contributed by atoms with Gasteiger partial charge in [-0.15, -0.1) is 0 Å². The molecule has 0 aromatic heterocycles. The number of urea groups is 1. The van der Waals surface area contributed by atoms with Crippen LogP contribution in [0.25, 0.3) is 0 Å². The zero-order chi connectivity index (χ0) is 8.69. The molecule has 0 aliphatic heterocycles. The van der Waals surface area contributed by atoms with E-state index >= 15 is 0 Å². The van der Waals surface area contributed by atoms with Gasteiger partial charge in [0.15, 0.2) is 0 Å². The second-order valence-corrected chi connectivity index (χ2v) is 2.10. The van der Waals surface area contributed by atoms with Crippen molar-refractivity contribution in [3.8, 4) is 0 Å². The average molecular weight is 161 g/mol. The Morgan fingerprint density at radius 2 is 2.36 bits per heavy atom. The highest BCUT2D eigenvalue weighted by molar-refractivity contribution is 5.72. The Kier molecular flexibility index (Phi) is 5.50. The van der Waals surface area contributed by atoms with Gasteiger partial charge in [0, 0.05) is 6.54 Å². The molecule has 11 heavy (non-hydrogen) atoms. The molecule has 2 amide bonds. The minimum absolute atomic E-state index is 0.280. The van der Waals surface area contributed by atoms with Crippen LogP contribution in [0.1, 0.15) is 13.3 Å². The minimum atomic E-state index is -0.471. The fourth-order valence-corrected chi connectivity index (χ4v) is 0.585. The zero-order valence-electron chi connectivity index (χ0n) is 6.71. The van der Waals surface area contributed by atoms with Gasteiger partial charge in [-0.2, -0.15) is 0 Å². The summed E-state index contributed by atoms with van der Waals surface area (Å²) < 4.78 is 0. The maximum Gasteiger partial charge on any atom is 0.341 e. The van der Waals surface area contributed by atoms with Gasteiger partial charge in [0.05, 0.1) is 6.54 Å². The van der Waals surface area contributed by atoms with Gasteiger partial charge in [-0.3, -0.25) is 5.21 Å². The lowest BCUT2D eigenvalue weighted by Gasteiger charge is -2.13. The number of carbonyl (C=O) groups excluding carboxylic acids is 1. The molecule has 0 saturated heterocycles. The summed E-state index contributed by atoms with van der Waals surface area (Å²) >= 11 is 0. The summed E-state index contributed by atoms with van der Waals surface area (Å²) in [5, 5.41) is 12.0. The summed E-state index contributed by atoms with van der Waals surface area (Å²) in [4.78, 5) is 10.8. The molecular weight excluding hydrogens is 146 g/mol. The first-order valence-electron chi connectivity index (χ1n) is 3.66. The van der Waals surface area contributed by atoms with E-state index in [9.17, 15) is 4.79 Å². The molecule has 0 bridgehead atoms. The molecule has 4 N–H and O–H groups in total. The quantitative estimate of drug-likeness (QED) is 0.393. The Balaban J connectivity index is 3.46. The van der Waals surface area contributed by atoms with Crippen molar-refractivity contribution in [2.75, 3.05) is 19.6 Å². The van der Waals surface area contributed by atoms with Crippen LogP contribution in [0.2, 0.25) is 0 Å². The molecule has 0 aromatic rings. The Hall–Kier alpha value is -0.810. The molecule has 0 radical (unpaired) electrons. The van der Waals surface area contributed by atoms with E-state index in [-0.39, 0.29) is 6.54 Å². The topological polar surface area (TPSA) is 78.6 Å². The van der Waals surface area contributed by atoms with Crippen molar-refractivity contribution in [1.29, 1.82) is 0 Å². The van der Waals surface area contributed by atoms with Crippen LogP contribution < -0.4 is 11.1 Å². The SMILES string of the molecule is CCNC(=O)N(O)CCCN. The summed E-state index contributed by atoms with van der Waals surface area (Å²) in [5.41, 5.74) is 5.18. The van der Waals surface area contributed by atoms with Gasteiger partial charge in [-0.25, -0.2) is 9.86 Å². The summed E-state index contributed by atoms with van der Waals surface area (Å²) in [6.07, 6.45) is 0.605. The fourth-order valence-electron chi connectivity index (χ4n) is 0.585. The predicted molar refractivity (Wildman–Crippen MR) is 41.2 cm³/mol. The van der Waals surface area contributed by atoms with E-state index < -0.39 is 6.03 Å². The maximum absolute atomic E-state index is 10.8. The van der Waals surface area contributed by atoms with Gasteiger partial charge < -0.3 is 11.1 Å². The normalized spacial score (nSPS) is 9.36. The first kappa shape index (κ1) is 10.2. The van der Waals surface area contributed by atoms with Crippen LogP contribution in [0.15, 0.2) is 0 Å². The largest absolute Gasteiger partial charge is 0.341 e. The lowest BCUT2D eigenvalue weighted by Crippen LogP contribution is -2.38. The first-order valence-corrected chi connectivity index (χ1v) is 3.66. The number of nitrogens with two attached hydrogens (primary N) is 1. The van der Waals surface area contributed by atoms with E-state index in [0.717, 1.165) is 0 Å². The van der Waals surface area contributed by atoms with E-state index in [1.165, 1.54) is 0 Å². The molecule has 0 spiro atoms. The smallest absolute Gasteiger partial charge is 0.336 e. The number of hydroxylamine groups is 2. The van der Waals surface area contributed by atoms with Crippen LogP contribution in [0.3, 0.4) is 0 Å². The standard InChI is InChI=1S/C6H15N3O2/c1-2-8-6(10)9(11)5-3-4-7/h11H,2-5,7H2,1H3,(H,8,10). The molecule has 0 atom stereocenters. The van der Waals surface area contributed by atoms with Crippen molar-refractivity contribution >= 4 is 6.03 Å². The second-order valence-electron chi connectivity index (χ2n) is 2.10. The van der Waals surface area contributed by atoms with E-state index in [2.05, 4.69) is 5.32 Å². The molecule has 5 nitrogen and oxygen atoms in total. The highest BCUT2D eigenvalue weighted by atomic mass is 16.5. The van der Waals surface area contributed by atoms with Crippen LogP contribution in [-0.4, -0.2) is 35.9 Å². The van der Waals surface area contributed by atoms with E-state index in [1.54, 1.807) is 6.92 Å². The number of hydrogen-bond donors (Lipinski definition) is 3. The van der Waals surface area contributed by atoms with Crippen LogP contribution in [0, 0.1) is 0 Å². The minimum Gasteiger partial charge on any atom is -0.336 e. The molecule has 66 valence electrons. The van der Waals surface area contributed by atoms with Crippen molar-refractivity contribution in [3.05, 3.63) is 0 Å². The highest BCUT2D eigenvalue weighted by Gasteiger charge is 2.06. The molecule has 0 aromatic carbocycles. The van der Waals surface area contributed by atoms with Gasteiger partial charge in [-0.05, 0) is 19.9 Å². The number of carbonyl (C=O) groups is 1. The Morgan fingerprint density at radius 3 is 2.82 bits per heavy atom. The Morgan fingerprint density at radius 1 is 1.73 bits per heavy atom. The number of nitrogens with one attached hydrogen (secondary N) is 1. The molecule has 0 fully saturated rings. The number of rotatable bonds is 4. The van der Waals surface area contributed by atoms with Crippen LogP contribution in [-0.2, 0) is 0 Å². The predicted octanol–water partition coefficient (Wildman–Crippen LogP) is -0.244. The third-order valence-electron chi connectivity index (χ3n) is 1.14. The van der Waals surface area contributed by atoms with Gasteiger partial charge >= 0.3 is 6.03 Å². The zero-order valence-corrected chi connectivity index (χ0v) is 6.71. The molecular formula is C6H15N3O2. The van der Waals surface area contributed by atoms with Gasteiger partial charge in [0.2, 0.25) is 0 Å². The van der Waals surface area contributed by atoms with Crippen molar-refractivity contribution < 1.29 is 10.0 Å². The van der Waals surface area contributed by atoms with Gasteiger partial charge in [0.1, 0.15) is 0 Å². The van der Waals surface area contributed by atoms with E-state index in [4.69, 9.17) is 10.9 Å². The van der Waals surface area contributed by atoms with E-state index in [1.807, 2.05) is 0 Å². The molecule has 0 rings (SSSR count). The number of amides is 2. The summed E-state index contributed by atoms with van der Waals surface area (Å²) in [6.45, 7) is 3.05. The maximum atomic E-state index is 10.8. The first-order chi connectivity index (χ1) is 5.22. The molecule has 0 unspecified atom stereocenters. The Labute approximate surface area is 66.1 Å². The molecule has 5 heteroatoms. The summed E-state index contributed by atoms with van der Waals surface area (Å²) in [6, 6.07) is -0.471. The van der Waals surface area contributed by atoms with Crippen molar-refractivity contribution in [2.45, 2.75) is 13.3 Å². The van der Waals surface area contributed by atoms with E-state index in [0.29, 0.717) is 24.6 Å². The average Bonchev–Trinajstić information content (AvgIpc) is 2.00. The monoisotopic (exact) mass is 161 g/mol. The van der Waals surface area contributed by atoms with Crippen molar-refractivity contribution in [3.63, 3.8) is 0 Å². The fraction of sp³-hybridized carbons (Fsp3) is 0.833. The number of nitrogens with zero attached hydrogens (tertiary/aromatic N) is 1. The highest BCUT2D eigenvalue weighted by Crippen LogP contribution is 1.85.